The summed E-state index contributed by atoms with van der Waals surface area (Å²) in [5.74, 6) is 0.827. The Labute approximate surface area is 165 Å². The molecule has 0 radical (unpaired) electrons. The smallest absolute Gasteiger partial charge is 0.136 e. The van der Waals surface area contributed by atoms with Crippen molar-refractivity contribution in [1.82, 2.24) is 9.97 Å². The number of hydrogen-bond donors (Lipinski definition) is 2. The topological polar surface area (TPSA) is 67.1 Å². The molecule has 1 aromatic carbocycles. The van der Waals surface area contributed by atoms with Gasteiger partial charge in [0, 0.05) is 36.8 Å². The van der Waals surface area contributed by atoms with Crippen LogP contribution < -0.4 is 16.0 Å². The third kappa shape index (κ3) is 4.31. The van der Waals surface area contributed by atoms with E-state index < -0.39 is 0 Å². The number of hydrogen-bond acceptors (Lipinski definition) is 5. The van der Waals surface area contributed by atoms with Crippen molar-refractivity contribution < 1.29 is 0 Å². The second-order valence-corrected chi connectivity index (χ2v) is 6.74. The van der Waals surface area contributed by atoms with Crippen LogP contribution in [0.25, 0.3) is 22.2 Å². The van der Waals surface area contributed by atoms with E-state index in [-0.39, 0.29) is 0 Å². The summed E-state index contributed by atoms with van der Waals surface area (Å²) >= 11 is 6.58. The van der Waals surface area contributed by atoms with Gasteiger partial charge in [0.1, 0.15) is 5.82 Å². The van der Waals surface area contributed by atoms with Crippen LogP contribution in [-0.4, -0.2) is 36.1 Å². The molecule has 0 saturated carbocycles. The lowest BCUT2D eigenvalue weighted by atomic mass is 10.1. The van der Waals surface area contributed by atoms with Crippen molar-refractivity contribution in [1.29, 1.82) is 0 Å². The van der Waals surface area contributed by atoms with E-state index in [1.54, 1.807) is 6.20 Å². The van der Waals surface area contributed by atoms with E-state index in [0.29, 0.717) is 6.54 Å². The second kappa shape index (κ2) is 9.02. The molecule has 0 amide bonds. The van der Waals surface area contributed by atoms with Crippen LogP contribution in [0.2, 0.25) is 5.02 Å². The Balaban J connectivity index is 2.02. The lowest BCUT2D eigenvalue weighted by Gasteiger charge is -2.22. The molecule has 142 valence electrons. The number of aromatic nitrogens is 2. The Morgan fingerprint density at radius 1 is 1.15 bits per heavy atom. The summed E-state index contributed by atoms with van der Waals surface area (Å²) in [4.78, 5) is 11.6. The van der Waals surface area contributed by atoms with E-state index >= 15 is 0 Å². The predicted molar refractivity (Wildman–Crippen MR) is 116 cm³/mol. The second-order valence-electron chi connectivity index (χ2n) is 6.33. The molecule has 0 fully saturated rings. The monoisotopic (exact) mass is 383 g/mol. The molecule has 6 heteroatoms. The van der Waals surface area contributed by atoms with Gasteiger partial charge in [0.15, 0.2) is 0 Å². The molecular formula is C21H26ClN5. The normalized spacial score (nSPS) is 11.0. The number of fused-ring (bicyclic) bond motifs is 1. The average molecular weight is 384 g/mol. The molecule has 0 aliphatic heterocycles. The number of rotatable bonds is 8. The van der Waals surface area contributed by atoms with Crippen molar-refractivity contribution in [3.8, 4) is 11.3 Å². The molecule has 27 heavy (non-hydrogen) atoms. The highest BCUT2D eigenvalue weighted by Gasteiger charge is 2.12. The summed E-state index contributed by atoms with van der Waals surface area (Å²) < 4.78 is 0. The first-order chi connectivity index (χ1) is 13.2. The minimum atomic E-state index is 0.644. The van der Waals surface area contributed by atoms with Gasteiger partial charge in [0.2, 0.25) is 0 Å². The van der Waals surface area contributed by atoms with E-state index in [1.165, 1.54) is 0 Å². The highest BCUT2D eigenvalue weighted by molar-refractivity contribution is 6.33. The first-order valence-corrected chi connectivity index (χ1v) is 9.80. The van der Waals surface area contributed by atoms with Crippen molar-refractivity contribution in [2.75, 3.05) is 36.4 Å². The van der Waals surface area contributed by atoms with Crippen molar-refractivity contribution in [2.24, 2.45) is 5.73 Å². The lowest BCUT2D eigenvalue weighted by Crippen LogP contribution is -2.22. The highest BCUT2D eigenvalue weighted by atomic mass is 35.5. The number of pyridine rings is 2. The van der Waals surface area contributed by atoms with E-state index in [1.807, 2.05) is 24.3 Å². The summed E-state index contributed by atoms with van der Waals surface area (Å²) in [5, 5.41) is 5.13. The highest BCUT2D eigenvalue weighted by Crippen LogP contribution is 2.32. The summed E-state index contributed by atoms with van der Waals surface area (Å²) in [6, 6.07) is 12.1. The van der Waals surface area contributed by atoms with E-state index in [2.05, 4.69) is 41.2 Å². The Kier molecular flexibility index (Phi) is 6.48. The van der Waals surface area contributed by atoms with Gasteiger partial charge in [-0.25, -0.2) is 4.98 Å². The zero-order chi connectivity index (χ0) is 19.2. The molecule has 0 unspecified atom stereocenters. The molecule has 0 bridgehead atoms. The molecule has 3 aromatic rings. The fraction of sp³-hybridized carbons (Fsp3) is 0.333. The Morgan fingerprint density at radius 3 is 2.67 bits per heavy atom. The van der Waals surface area contributed by atoms with Gasteiger partial charge >= 0.3 is 0 Å². The third-order valence-corrected chi connectivity index (χ3v) is 4.92. The molecule has 0 saturated heterocycles. The fourth-order valence-corrected chi connectivity index (χ4v) is 3.45. The summed E-state index contributed by atoms with van der Waals surface area (Å²) in [6.07, 6.45) is 2.68. The van der Waals surface area contributed by atoms with Crippen LogP contribution in [0.1, 0.15) is 20.3 Å². The van der Waals surface area contributed by atoms with E-state index in [9.17, 15) is 0 Å². The van der Waals surface area contributed by atoms with Crippen LogP contribution in [0.15, 0.2) is 42.6 Å². The van der Waals surface area contributed by atoms with Gasteiger partial charge in [-0.15, -0.1) is 0 Å². The van der Waals surface area contributed by atoms with E-state index in [4.69, 9.17) is 22.3 Å². The molecule has 0 spiro atoms. The minimum Gasteiger partial charge on any atom is -0.371 e. The maximum Gasteiger partial charge on any atom is 0.136 e. The maximum absolute atomic E-state index is 6.58. The third-order valence-electron chi connectivity index (χ3n) is 4.62. The average Bonchev–Trinajstić information content (AvgIpc) is 2.70. The predicted octanol–water partition coefficient (Wildman–Crippen LogP) is 4.56. The zero-order valence-corrected chi connectivity index (χ0v) is 16.6. The molecule has 2 heterocycles. The first-order valence-electron chi connectivity index (χ1n) is 9.42. The van der Waals surface area contributed by atoms with Crippen LogP contribution in [-0.2, 0) is 0 Å². The zero-order valence-electron chi connectivity index (χ0n) is 15.9. The molecule has 3 N–H and O–H groups in total. The molecule has 0 atom stereocenters. The fourth-order valence-electron chi connectivity index (χ4n) is 3.15. The van der Waals surface area contributed by atoms with Gasteiger partial charge < -0.3 is 16.0 Å². The van der Waals surface area contributed by atoms with Crippen LogP contribution in [0, 0.1) is 0 Å². The molecular weight excluding hydrogens is 358 g/mol. The van der Waals surface area contributed by atoms with Crippen LogP contribution in [0.3, 0.4) is 0 Å². The Hall–Kier alpha value is -2.37. The largest absolute Gasteiger partial charge is 0.371 e. The summed E-state index contributed by atoms with van der Waals surface area (Å²) in [7, 11) is 0. The number of anilines is 2. The van der Waals surface area contributed by atoms with Gasteiger partial charge in [0.25, 0.3) is 0 Å². The van der Waals surface area contributed by atoms with Gasteiger partial charge in [-0.05, 0) is 57.1 Å². The summed E-state index contributed by atoms with van der Waals surface area (Å²) in [5.41, 5.74) is 9.39. The van der Waals surface area contributed by atoms with Crippen molar-refractivity contribution in [3.63, 3.8) is 0 Å². The van der Waals surface area contributed by atoms with Crippen LogP contribution in [0.5, 0.6) is 0 Å². The van der Waals surface area contributed by atoms with Gasteiger partial charge in [-0.3, -0.25) is 4.98 Å². The minimum absolute atomic E-state index is 0.644. The number of nitrogens with zero attached hydrogens (tertiary/aromatic N) is 3. The van der Waals surface area contributed by atoms with Crippen LogP contribution >= 0.6 is 11.6 Å². The Morgan fingerprint density at radius 2 is 1.96 bits per heavy atom. The molecule has 5 nitrogen and oxygen atoms in total. The molecule has 2 aromatic heterocycles. The number of nitrogens with two attached hydrogens (primary N) is 1. The first kappa shape index (κ1) is 19.4. The number of nitrogens with one attached hydrogen (secondary N) is 1. The van der Waals surface area contributed by atoms with Crippen molar-refractivity contribution in [3.05, 3.63) is 47.6 Å². The molecule has 0 aliphatic rings. The quantitative estimate of drug-likeness (QED) is 0.558. The van der Waals surface area contributed by atoms with Crippen molar-refractivity contribution in [2.45, 2.75) is 20.3 Å². The number of benzene rings is 1. The lowest BCUT2D eigenvalue weighted by molar-refractivity contribution is 0.866. The molecule has 0 aliphatic carbocycles. The summed E-state index contributed by atoms with van der Waals surface area (Å²) in [6.45, 7) is 7.52. The standard InChI is InChI=1S/C21H26ClN5/c1-3-27(4-2)20-9-8-15(13-17(20)22)18-14-19-16(7-5-11-24-19)21(26-18)25-12-6-10-23/h5,7-9,11,13-14H,3-4,6,10,12,23H2,1-2H3,(H,25,26). The number of halogens is 1. The maximum atomic E-state index is 6.58. The van der Waals surface area contributed by atoms with Crippen molar-refractivity contribution >= 4 is 34.0 Å². The van der Waals surface area contributed by atoms with Gasteiger partial charge in [-0.1, -0.05) is 17.7 Å². The van der Waals surface area contributed by atoms with Crippen LogP contribution in [0.4, 0.5) is 11.5 Å². The van der Waals surface area contributed by atoms with E-state index in [0.717, 1.165) is 64.7 Å². The SMILES string of the molecule is CCN(CC)c1ccc(-c2cc3ncccc3c(NCCCN)n2)cc1Cl. The van der Waals surface area contributed by atoms with Gasteiger partial charge in [-0.2, -0.15) is 0 Å². The molecule has 3 rings (SSSR count). The Bertz CT molecular complexity index is 908. The van der Waals surface area contributed by atoms with Gasteiger partial charge in [0.05, 0.1) is 21.9 Å².